The van der Waals surface area contributed by atoms with Crippen LogP contribution < -0.4 is 10.2 Å². The van der Waals surface area contributed by atoms with E-state index in [1.165, 1.54) is 11.3 Å². The summed E-state index contributed by atoms with van der Waals surface area (Å²) in [6.45, 7) is 6.47. The molecule has 2 aliphatic heterocycles. The van der Waals surface area contributed by atoms with Gasteiger partial charge in [0.05, 0.1) is 30.3 Å². The van der Waals surface area contributed by atoms with Gasteiger partial charge in [0.25, 0.3) is 5.91 Å². The van der Waals surface area contributed by atoms with Crippen LogP contribution >= 0.6 is 11.3 Å². The topological polar surface area (TPSA) is 96.9 Å². The monoisotopic (exact) mass is 521 g/mol. The van der Waals surface area contributed by atoms with E-state index in [0.29, 0.717) is 30.5 Å². The summed E-state index contributed by atoms with van der Waals surface area (Å²) in [5.74, 6) is -0.202. The quantitative estimate of drug-likeness (QED) is 0.505. The maximum Gasteiger partial charge on any atom is 0.276 e. The number of thiazole rings is 1. The van der Waals surface area contributed by atoms with E-state index in [2.05, 4.69) is 26.3 Å². The summed E-state index contributed by atoms with van der Waals surface area (Å²) in [6, 6.07) is 11.7. The lowest BCUT2D eigenvalue weighted by molar-refractivity contribution is -0.129. The first-order valence-electron chi connectivity index (χ1n) is 12.6. The van der Waals surface area contributed by atoms with Gasteiger partial charge in [-0.05, 0) is 30.5 Å². The van der Waals surface area contributed by atoms with Gasteiger partial charge in [-0.3, -0.25) is 14.9 Å². The summed E-state index contributed by atoms with van der Waals surface area (Å²) in [4.78, 5) is 37.4. The summed E-state index contributed by atoms with van der Waals surface area (Å²) in [5.41, 5.74) is 4.14. The molecular weight excluding hydrogens is 490 g/mol. The van der Waals surface area contributed by atoms with Gasteiger partial charge in [-0.2, -0.15) is 0 Å². The molecule has 37 heavy (non-hydrogen) atoms. The van der Waals surface area contributed by atoms with Crippen molar-refractivity contribution >= 4 is 34.0 Å². The normalized spacial score (nSPS) is 16.6. The first-order chi connectivity index (χ1) is 18.1. The minimum atomic E-state index is -0.301. The summed E-state index contributed by atoms with van der Waals surface area (Å²) < 4.78 is 11.5. The van der Waals surface area contributed by atoms with Crippen LogP contribution in [0.3, 0.4) is 0 Å². The van der Waals surface area contributed by atoms with E-state index < -0.39 is 0 Å². The van der Waals surface area contributed by atoms with Gasteiger partial charge in [-0.1, -0.05) is 24.3 Å². The van der Waals surface area contributed by atoms with Crippen LogP contribution in [0.4, 0.5) is 10.8 Å². The lowest BCUT2D eigenvalue weighted by Gasteiger charge is -2.35. The Balaban J connectivity index is 1.19. The minimum Gasteiger partial charge on any atom is -0.381 e. The number of carbonyl (C=O) groups excluding carboxylic acids is 2. The van der Waals surface area contributed by atoms with Gasteiger partial charge < -0.3 is 19.3 Å². The molecule has 0 radical (unpaired) electrons. The first kappa shape index (κ1) is 25.3. The van der Waals surface area contributed by atoms with Crippen LogP contribution in [0.2, 0.25) is 0 Å². The highest BCUT2D eigenvalue weighted by Gasteiger charge is 2.20. The van der Waals surface area contributed by atoms with Crippen molar-refractivity contribution in [3.8, 4) is 11.3 Å². The van der Waals surface area contributed by atoms with Crippen LogP contribution in [-0.4, -0.2) is 72.2 Å². The Kier molecular flexibility index (Phi) is 8.08. The molecule has 5 rings (SSSR count). The van der Waals surface area contributed by atoms with E-state index in [9.17, 15) is 9.59 Å². The summed E-state index contributed by atoms with van der Waals surface area (Å²) in [5, 5.41) is 5.34. The summed E-state index contributed by atoms with van der Waals surface area (Å²) in [7, 11) is 0. The van der Waals surface area contributed by atoms with E-state index >= 15 is 0 Å². The Morgan fingerprint density at radius 3 is 2.62 bits per heavy atom. The molecule has 2 aromatic heterocycles. The van der Waals surface area contributed by atoms with E-state index in [1.54, 1.807) is 19.2 Å². The fraction of sp³-hybridized carbons (Fsp3) is 0.407. The molecular formula is C27H31N5O4S. The molecule has 2 amide bonds. The molecule has 9 nitrogen and oxygen atoms in total. The Hall–Kier alpha value is -3.34. The van der Waals surface area contributed by atoms with Crippen LogP contribution in [-0.2, 0) is 20.9 Å². The Morgan fingerprint density at radius 2 is 1.89 bits per heavy atom. The molecule has 194 valence electrons. The summed E-state index contributed by atoms with van der Waals surface area (Å²) in [6.07, 6.45) is 3.76. The number of nitrogens with zero attached hydrogens (tertiary/aromatic N) is 4. The molecule has 2 saturated heterocycles. The number of carbonyl (C=O) groups is 2. The molecule has 0 saturated carbocycles. The van der Waals surface area contributed by atoms with Crippen molar-refractivity contribution in [3.05, 3.63) is 59.2 Å². The van der Waals surface area contributed by atoms with Gasteiger partial charge in [0.2, 0.25) is 5.91 Å². The number of anilines is 2. The van der Waals surface area contributed by atoms with Crippen molar-refractivity contribution in [1.29, 1.82) is 0 Å². The van der Waals surface area contributed by atoms with Crippen LogP contribution in [0.5, 0.6) is 0 Å². The highest BCUT2D eigenvalue weighted by atomic mass is 32.1. The zero-order valence-electron chi connectivity index (χ0n) is 20.9. The molecule has 1 N–H and O–H groups in total. The largest absolute Gasteiger partial charge is 0.381 e. The molecule has 2 aliphatic rings. The third kappa shape index (κ3) is 6.33. The number of piperazine rings is 1. The van der Waals surface area contributed by atoms with Crippen LogP contribution in [0.25, 0.3) is 11.3 Å². The molecule has 10 heteroatoms. The van der Waals surface area contributed by atoms with E-state index in [0.717, 1.165) is 61.7 Å². The van der Waals surface area contributed by atoms with Crippen LogP contribution in [0, 0.1) is 0 Å². The van der Waals surface area contributed by atoms with Crippen molar-refractivity contribution < 1.29 is 19.1 Å². The Morgan fingerprint density at radius 1 is 1.11 bits per heavy atom. The number of ether oxygens (including phenoxy) is 2. The van der Waals surface area contributed by atoms with E-state index in [-0.39, 0.29) is 17.9 Å². The molecule has 0 bridgehead atoms. The van der Waals surface area contributed by atoms with E-state index in [1.807, 2.05) is 34.5 Å². The van der Waals surface area contributed by atoms with Gasteiger partial charge in [-0.15, -0.1) is 11.3 Å². The molecule has 4 heterocycles. The maximum absolute atomic E-state index is 12.8. The lowest BCUT2D eigenvalue weighted by Crippen LogP contribution is -2.48. The number of hydrogen-bond acceptors (Lipinski definition) is 8. The fourth-order valence-corrected chi connectivity index (χ4v) is 5.25. The number of aromatic nitrogens is 2. The third-order valence-corrected chi connectivity index (χ3v) is 7.49. The second-order valence-corrected chi connectivity index (χ2v) is 10.0. The molecule has 0 atom stereocenters. The van der Waals surface area contributed by atoms with Crippen LogP contribution in [0.15, 0.2) is 48.0 Å². The van der Waals surface area contributed by atoms with Gasteiger partial charge in [-0.25, -0.2) is 9.97 Å². The van der Waals surface area contributed by atoms with E-state index in [4.69, 9.17) is 9.47 Å². The fourth-order valence-electron chi connectivity index (χ4n) is 4.55. The van der Waals surface area contributed by atoms with Gasteiger partial charge in [0.15, 0.2) is 5.13 Å². The lowest BCUT2D eigenvalue weighted by atomic mass is 10.1. The molecule has 0 aliphatic carbocycles. The number of amides is 2. The van der Waals surface area contributed by atoms with Gasteiger partial charge in [0, 0.05) is 57.3 Å². The number of nitrogens with one attached hydrogen (secondary N) is 1. The predicted octanol–water partition coefficient (Wildman–Crippen LogP) is 3.82. The molecule has 1 aromatic carbocycles. The zero-order valence-corrected chi connectivity index (χ0v) is 21.7. The highest BCUT2D eigenvalue weighted by Crippen LogP contribution is 2.29. The number of rotatable bonds is 7. The summed E-state index contributed by atoms with van der Waals surface area (Å²) >= 11 is 1.38. The Bertz CT molecular complexity index is 1220. The van der Waals surface area contributed by atoms with Crippen LogP contribution in [0.1, 0.15) is 35.8 Å². The SMILES string of the molecule is CC(=O)N1CCN(c2ccc(C(=O)Nc3nc(-c4ccccc4COC4CCOCC4)cs3)nc2)CC1. The smallest absolute Gasteiger partial charge is 0.276 e. The number of hydrogen-bond donors (Lipinski definition) is 1. The molecule has 0 unspecified atom stereocenters. The number of benzene rings is 1. The van der Waals surface area contributed by atoms with Crippen molar-refractivity contribution in [3.63, 3.8) is 0 Å². The van der Waals surface area contributed by atoms with Crippen molar-refractivity contribution in [2.45, 2.75) is 32.5 Å². The third-order valence-electron chi connectivity index (χ3n) is 6.73. The second-order valence-electron chi connectivity index (χ2n) is 9.17. The average molecular weight is 522 g/mol. The minimum absolute atomic E-state index is 0.0990. The standard InChI is InChI=1S/C27H31N5O4S/c1-19(33)31-10-12-32(13-11-31)21-6-7-24(28-16-21)26(34)30-27-29-25(18-37-27)23-5-3-2-4-20(23)17-36-22-8-14-35-15-9-22/h2-7,16,18,22H,8-15,17H2,1H3,(H,29,30,34). The van der Waals surface area contributed by atoms with Crippen molar-refractivity contribution in [1.82, 2.24) is 14.9 Å². The molecule has 3 aromatic rings. The first-order valence-corrected chi connectivity index (χ1v) is 13.5. The zero-order chi connectivity index (χ0) is 25.6. The van der Waals surface area contributed by atoms with Crippen molar-refractivity contribution in [2.24, 2.45) is 0 Å². The predicted molar refractivity (Wildman–Crippen MR) is 143 cm³/mol. The second kappa shape index (κ2) is 11.8. The number of pyridine rings is 1. The average Bonchev–Trinajstić information content (AvgIpc) is 3.41. The maximum atomic E-state index is 12.8. The molecule has 0 spiro atoms. The van der Waals surface area contributed by atoms with Gasteiger partial charge >= 0.3 is 0 Å². The highest BCUT2D eigenvalue weighted by molar-refractivity contribution is 7.14. The van der Waals surface area contributed by atoms with Gasteiger partial charge in [0.1, 0.15) is 5.69 Å². The molecule has 2 fully saturated rings. The Labute approximate surface area is 220 Å². The van der Waals surface area contributed by atoms with Crippen molar-refractivity contribution in [2.75, 3.05) is 49.6 Å².